The molecule has 0 saturated heterocycles. The van der Waals surface area contributed by atoms with Crippen LogP contribution in [0.3, 0.4) is 0 Å². The number of hydrogen-bond donors (Lipinski definition) is 2. The van der Waals surface area contributed by atoms with Crippen LogP contribution in [0.4, 0.5) is 5.69 Å². The van der Waals surface area contributed by atoms with E-state index in [-0.39, 0.29) is 5.91 Å². The molecule has 0 saturated carbocycles. The van der Waals surface area contributed by atoms with Crippen molar-refractivity contribution in [3.8, 4) is 28.1 Å². The maximum atomic E-state index is 12.8. The minimum absolute atomic E-state index is 0.180. The molecule has 0 radical (unpaired) electrons. The van der Waals surface area contributed by atoms with Gasteiger partial charge < -0.3 is 15.8 Å². The molecule has 0 aliphatic carbocycles. The molecular formula is C27H33N3O2. The summed E-state index contributed by atoms with van der Waals surface area (Å²) >= 11 is 0. The highest BCUT2D eigenvalue weighted by molar-refractivity contribution is 5.95. The number of rotatable bonds is 8. The second-order valence-electron chi connectivity index (χ2n) is 8.23. The first-order chi connectivity index (χ1) is 15.4. The van der Waals surface area contributed by atoms with Crippen LogP contribution in [0.15, 0.2) is 48.5 Å². The summed E-state index contributed by atoms with van der Waals surface area (Å²) in [6.45, 7) is 8.98. The molecule has 0 aliphatic rings. The Hall–Kier alpha value is -3.34. The molecule has 1 atom stereocenters. The first-order valence-electron chi connectivity index (χ1n) is 11.2. The lowest BCUT2D eigenvalue weighted by Gasteiger charge is -2.21. The quantitative estimate of drug-likeness (QED) is 0.452. The Morgan fingerprint density at radius 1 is 1.12 bits per heavy atom. The van der Waals surface area contributed by atoms with Crippen LogP contribution in [0, 0.1) is 12.8 Å². The van der Waals surface area contributed by atoms with Gasteiger partial charge >= 0.3 is 0 Å². The highest BCUT2D eigenvalue weighted by Gasteiger charge is 2.21. The summed E-state index contributed by atoms with van der Waals surface area (Å²) in [4.78, 5) is 17.7. The number of nitrogens with one attached hydrogen (secondary N) is 1. The number of anilines is 1. The minimum Gasteiger partial charge on any atom is -0.495 e. The van der Waals surface area contributed by atoms with Gasteiger partial charge in [-0.2, -0.15) is 0 Å². The molecule has 1 amide bonds. The van der Waals surface area contributed by atoms with Crippen molar-refractivity contribution < 1.29 is 9.53 Å². The van der Waals surface area contributed by atoms with Crippen LogP contribution in [-0.2, 0) is 6.42 Å². The molecule has 5 heteroatoms. The monoisotopic (exact) mass is 431 g/mol. The SMILES string of the molecule is CCNC(=O)c1cc(-c2ccccc2C)c(CC(C)CC)c(-c2ccc(N)c(OC)c2)n1. The lowest BCUT2D eigenvalue weighted by atomic mass is 9.87. The number of carbonyl (C=O) groups is 1. The summed E-state index contributed by atoms with van der Waals surface area (Å²) in [7, 11) is 1.60. The number of ether oxygens (including phenoxy) is 1. The molecule has 5 nitrogen and oxygen atoms in total. The van der Waals surface area contributed by atoms with Gasteiger partial charge in [0.15, 0.2) is 0 Å². The first kappa shape index (κ1) is 23.3. The van der Waals surface area contributed by atoms with Crippen LogP contribution in [0.25, 0.3) is 22.4 Å². The number of amides is 1. The molecule has 0 aliphatic heterocycles. The number of methoxy groups -OCH3 is 1. The zero-order chi connectivity index (χ0) is 23.3. The lowest BCUT2D eigenvalue weighted by Crippen LogP contribution is -2.24. The number of hydrogen-bond acceptors (Lipinski definition) is 4. The molecule has 168 valence electrons. The molecular weight excluding hydrogens is 398 g/mol. The Balaban J connectivity index is 2.36. The Bertz CT molecular complexity index is 1110. The van der Waals surface area contributed by atoms with Gasteiger partial charge in [0, 0.05) is 12.1 Å². The zero-order valence-electron chi connectivity index (χ0n) is 19.7. The number of pyridine rings is 1. The molecule has 1 aromatic heterocycles. The number of aryl methyl sites for hydroxylation is 1. The molecule has 3 rings (SSSR count). The summed E-state index contributed by atoms with van der Waals surface area (Å²) in [6.07, 6.45) is 1.90. The summed E-state index contributed by atoms with van der Waals surface area (Å²) in [5, 5.41) is 2.89. The van der Waals surface area contributed by atoms with E-state index in [1.54, 1.807) is 7.11 Å². The van der Waals surface area contributed by atoms with Crippen molar-refractivity contribution in [3.05, 3.63) is 65.4 Å². The standard InChI is InChI=1S/C27H33N3O2/c1-6-17(3)14-22-21(20-11-9-8-10-18(20)4)16-24(27(31)29-7-2)30-26(22)19-12-13-23(28)25(15-19)32-5/h8-13,15-17H,6-7,14,28H2,1-5H3,(H,29,31). The molecule has 0 fully saturated rings. The predicted octanol–water partition coefficient (Wildman–Crippen LogP) is 5.65. The molecule has 3 N–H and O–H groups in total. The third kappa shape index (κ3) is 4.93. The fourth-order valence-corrected chi connectivity index (χ4v) is 3.85. The van der Waals surface area contributed by atoms with Gasteiger partial charge in [0.05, 0.1) is 18.5 Å². The van der Waals surface area contributed by atoms with E-state index in [2.05, 4.69) is 38.2 Å². The van der Waals surface area contributed by atoms with Gasteiger partial charge in [-0.15, -0.1) is 0 Å². The first-order valence-corrected chi connectivity index (χ1v) is 11.2. The van der Waals surface area contributed by atoms with Crippen LogP contribution in [-0.4, -0.2) is 24.5 Å². The van der Waals surface area contributed by atoms with E-state index < -0.39 is 0 Å². The second-order valence-corrected chi connectivity index (χ2v) is 8.23. The van der Waals surface area contributed by atoms with Crippen molar-refractivity contribution in [1.82, 2.24) is 10.3 Å². The normalized spacial score (nSPS) is 11.8. The topological polar surface area (TPSA) is 77.2 Å². The third-order valence-electron chi connectivity index (χ3n) is 5.89. The van der Waals surface area contributed by atoms with E-state index in [0.29, 0.717) is 29.6 Å². The smallest absolute Gasteiger partial charge is 0.269 e. The van der Waals surface area contributed by atoms with Crippen LogP contribution in [0.5, 0.6) is 5.75 Å². The molecule has 32 heavy (non-hydrogen) atoms. The van der Waals surface area contributed by atoms with E-state index in [1.807, 2.05) is 43.3 Å². The fourth-order valence-electron chi connectivity index (χ4n) is 3.85. The Morgan fingerprint density at radius 3 is 2.53 bits per heavy atom. The van der Waals surface area contributed by atoms with Gasteiger partial charge in [-0.1, -0.05) is 50.6 Å². The van der Waals surface area contributed by atoms with Gasteiger partial charge in [0.25, 0.3) is 5.91 Å². The lowest BCUT2D eigenvalue weighted by molar-refractivity contribution is 0.0951. The number of nitrogens with two attached hydrogens (primary N) is 1. The zero-order valence-corrected chi connectivity index (χ0v) is 19.7. The molecule has 0 bridgehead atoms. The number of aromatic nitrogens is 1. The van der Waals surface area contributed by atoms with E-state index >= 15 is 0 Å². The van der Waals surface area contributed by atoms with Gasteiger partial charge in [0.1, 0.15) is 11.4 Å². The predicted molar refractivity (Wildman–Crippen MR) is 132 cm³/mol. The molecule has 2 aromatic carbocycles. The summed E-state index contributed by atoms with van der Waals surface area (Å²) in [5.74, 6) is 0.880. The van der Waals surface area contributed by atoms with E-state index in [0.717, 1.165) is 46.4 Å². The van der Waals surface area contributed by atoms with Gasteiger partial charge in [0.2, 0.25) is 0 Å². The van der Waals surface area contributed by atoms with Gasteiger partial charge in [-0.25, -0.2) is 4.98 Å². The van der Waals surface area contributed by atoms with Crippen LogP contribution >= 0.6 is 0 Å². The molecule has 1 unspecified atom stereocenters. The summed E-state index contributed by atoms with van der Waals surface area (Å²) in [5.41, 5.74) is 13.2. The Labute approximate surface area is 191 Å². The average Bonchev–Trinajstić information content (AvgIpc) is 2.80. The Kier molecular flexibility index (Phi) is 7.52. The maximum absolute atomic E-state index is 12.8. The third-order valence-corrected chi connectivity index (χ3v) is 5.89. The summed E-state index contributed by atoms with van der Waals surface area (Å²) in [6, 6.07) is 15.9. The number of benzene rings is 2. The Morgan fingerprint density at radius 2 is 1.88 bits per heavy atom. The minimum atomic E-state index is -0.180. The fraction of sp³-hybridized carbons (Fsp3) is 0.333. The second kappa shape index (κ2) is 10.3. The van der Waals surface area contributed by atoms with Crippen molar-refractivity contribution in [2.24, 2.45) is 5.92 Å². The van der Waals surface area contributed by atoms with Gasteiger partial charge in [-0.05, 0) is 66.6 Å². The number of nitrogens with zero attached hydrogens (tertiary/aromatic N) is 1. The molecule has 1 heterocycles. The van der Waals surface area contributed by atoms with Crippen molar-refractivity contribution >= 4 is 11.6 Å². The highest BCUT2D eigenvalue weighted by Crippen LogP contribution is 2.37. The van der Waals surface area contributed by atoms with Crippen molar-refractivity contribution in [2.75, 3.05) is 19.4 Å². The largest absolute Gasteiger partial charge is 0.495 e. The van der Waals surface area contributed by atoms with Crippen LogP contribution in [0.2, 0.25) is 0 Å². The number of nitrogen functional groups attached to an aromatic ring is 1. The van der Waals surface area contributed by atoms with Gasteiger partial charge in [-0.3, -0.25) is 4.79 Å². The van der Waals surface area contributed by atoms with Crippen molar-refractivity contribution in [3.63, 3.8) is 0 Å². The molecule has 0 spiro atoms. The molecule has 3 aromatic rings. The van der Waals surface area contributed by atoms with E-state index in [1.165, 1.54) is 0 Å². The summed E-state index contributed by atoms with van der Waals surface area (Å²) < 4.78 is 5.47. The number of carbonyl (C=O) groups excluding carboxylic acids is 1. The van der Waals surface area contributed by atoms with Crippen molar-refractivity contribution in [1.29, 1.82) is 0 Å². The van der Waals surface area contributed by atoms with Crippen LogP contribution < -0.4 is 15.8 Å². The van der Waals surface area contributed by atoms with Crippen molar-refractivity contribution in [2.45, 2.75) is 40.5 Å². The van der Waals surface area contributed by atoms with E-state index in [9.17, 15) is 4.79 Å². The average molecular weight is 432 g/mol. The highest BCUT2D eigenvalue weighted by atomic mass is 16.5. The maximum Gasteiger partial charge on any atom is 0.269 e. The van der Waals surface area contributed by atoms with E-state index in [4.69, 9.17) is 15.5 Å². The van der Waals surface area contributed by atoms with Crippen LogP contribution in [0.1, 0.15) is 48.8 Å².